The highest BCUT2D eigenvalue weighted by molar-refractivity contribution is 5.84. The lowest BCUT2D eigenvalue weighted by molar-refractivity contribution is -0.148. The Labute approximate surface area is 217 Å². The third-order valence-electron chi connectivity index (χ3n) is 7.19. The summed E-state index contributed by atoms with van der Waals surface area (Å²) in [4.78, 5) is 19.2. The van der Waals surface area contributed by atoms with E-state index in [9.17, 15) is 4.79 Å². The van der Waals surface area contributed by atoms with Crippen LogP contribution in [0.3, 0.4) is 0 Å². The summed E-state index contributed by atoms with van der Waals surface area (Å²) in [7, 11) is 0. The SMILES string of the molecule is Cc1nnc2c(NCCCCCC(=O)OC3CCCC3)nc3cc(OCCN4CCOCC4)ccc3n12. The molecule has 3 heterocycles. The molecule has 0 radical (unpaired) electrons. The summed E-state index contributed by atoms with van der Waals surface area (Å²) in [5.74, 6) is 2.26. The molecule has 1 aromatic carbocycles. The molecule has 2 aromatic heterocycles. The van der Waals surface area contributed by atoms with E-state index in [2.05, 4.69) is 20.4 Å². The Bertz CT molecular complexity index is 1190. The van der Waals surface area contributed by atoms with Gasteiger partial charge in [-0.15, -0.1) is 10.2 Å². The van der Waals surface area contributed by atoms with Gasteiger partial charge in [0.05, 0.1) is 24.2 Å². The summed E-state index contributed by atoms with van der Waals surface area (Å²) < 4.78 is 19.0. The number of aromatic nitrogens is 4. The third kappa shape index (κ3) is 6.67. The zero-order chi connectivity index (χ0) is 25.5. The quantitative estimate of drug-likeness (QED) is 0.288. The van der Waals surface area contributed by atoms with Gasteiger partial charge in [-0.1, -0.05) is 6.42 Å². The third-order valence-corrected chi connectivity index (χ3v) is 7.19. The maximum absolute atomic E-state index is 12.0. The fourth-order valence-corrected chi connectivity index (χ4v) is 5.11. The molecule has 200 valence electrons. The van der Waals surface area contributed by atoms with Gasteiger partial charge in [-0.25, -0.2) is 4.98 Å². The van der Waals surface area contributed by atoms with Crippen LogP contribution >= 0.6 is 0 Å². The second-order valence-corrected chi connectivity index (χ2v) is 9.95. The maximum atomic E-state index is 12.0. The topological polar surface area (TPSA) is 103 Å². The normalized spacial score (nSPS) is 17.0. The minimum absolute atomic E-state index is 0.0559. The standard InChI is InChI=1S/C27H38N6O4/c1-20-30-31-27-26(28-12-6-2-3-9-25(34)37-21-7-4-5-8-21)29-23-19-22(10-11-24(23)33(20)27)36-18-15-32-13-16-35-17-14-32/h10-11,19,21H,2-9,12-18H2,1H3,(H,28,29). The Balaban J connectivity index is 1.15. The second kappa shape index (κ2) is 12.5. The molecule has 1 N–H and O–H groups in total. The van der Waals surface area contributed by atoms with E-state index in [0.717, 1.165) is 94.1 Å². The number of aryl methyl sites for hydroxylation is 1. The molecule has 0 spiro atoms. The predicted molar refractivity (Wildman–Crippen MR) is 141 cm³/mol. The monoisotopic (exact) mass is 510 g/mol. The molecule has 0 bridgehead atoms. The molecular weight excluding hydrogens is 472 g/mol. The Morgan fingerprint density at radius 1 is 1.14 bits per heavy atom. The van der Waals surface area contributed by atoms with Gasteiger partial charge in [0.2, 0.25) is 5.65 Å². The number of hydrogen-bond acceptors (Lipinski definition) is 9. The van der Waals surface area contributed by atoms with E-state index >= 15 is 0 Å². The van der Waals surface area contributed by atoms with Crippen LogP contribution in [0, 0.1) is 6.92 Å². The van der Waals surface area contributed by atoms with Crippen LogP contribution in [0.15, 0.2) is 18.2 Å². The second-order valence-electron chi connectivity index (χ2n) is 9.95. The number of carbonyl (C=O) groups excluding carboxylic acids is 1. The van der Waals surface area contributed by atoms with E-state index in [1.807, 2.05) is 29.5 Å². The highest BCUT2D eigenvalue weighted by atomic mass is 16.5. The first kappa shape index (κ1) is 25.7. The van der Waals surface area contributed by atoms with Crippen molar-refractivity contribution in [3.05, 3.63) is 24.0 Å². The van der Waals surface area contributed by atoms with Gasteiger partial charge in [-0.2, -0.15) is 0 Å². The van der Waals surface area contributed by atoms with Crippen LogP contribution in [0.5, 0.6) is 5.75 Å². The first-order valence-electron chi connectivity index (χ1n) is 13.7. The van der Waals surface area contributed by atoms with Crippen molar-refractivity contribution in [3.63, 3.8) is 0 Å². The first-order chi connectivity index (χ1) is 18.2. The minimum Gasteiger partial charge on any atom is -0.492 e. The van der Waals surface area contributed by atoms with Gasteiger partial charge in [0.25, 0.3) is 0 Å². The van der Waals surface area contributed by atoms with Crippen molar-refractivity contribution in [3.8, 4) is 5.75 Å². The van der Waals surface area contributed by atoms with Crippen LogP contribution in [0.4, 0.5) is 5.82 Å². The molecular formula is C27H38N6O4. The molecule has 1 aliphatic heterocycles. The molecule has 1 saturated heterocycles. The van der Waals surface area contributed by atoms with Crippen LogP contribution in [-0.4, -0.2) is 82.6 Å². The number of carbonyl (C=O) groups is 1. The summed E-state index contributed by atoms with van der Waals surface area (Å²) in [6.07, 6.45) is 7.75. The van der Waals surface area contributed by atoms with Crippen molar-refractivity contribution in [2.45, 2.75) is 64.4 Å². The number of hydrogen-bond donors (Lipinski definition) is 1. The molecule has 1 saturated carbocycles. The molecule has 1 aliphatic carbocycles. The number of anilines is 1. The fourth-order valence-electron chi connectivity index (χ4n) is 5.11. The number of unbranched alkanes of at least 4 members (excludes halogenated alkanes) is 2. The number of nitrogens with one attached hydrogen (secondary N) is 1. The highest BCUT2D eigenvalue weighted by Gasteiger charge is 2.19. The van der Waals surface area contributed by atoms with Gasteiger partial charge in [-0.3, -0.25) is 14.1 Å². The van der Waals surface area contributed by atoms with Crippen LogP contribution in [0.1, 0.15) is 57.2 Å². The molecule has 10 heteroatoms. The van der Waals surface area contributed by atoms with E-state index in [0.29, 0.717) is 24.5 Å². The van der Waals surface area contributed by atoms with Crippen molar-refractivity contribution < 1.29 is 19.0 Å². The molecule has 5 rings (SSSR count). The van der Waals surface area contributed by atoms with Crippen molar-refractivity contribution in [2.75, 3.05) is 51.3 Å². The van der Waals surface area contributed by atoms with Crippen LogP contribution in [0.25, 0.3) is 16.7 Å². The zero-order valence-corrected chi connectivity index (χ0v) is 21.8. The van der Waals surface area contributed by atoms with Gasteiger partial charge in [0, 0.05) is 38.7 Å². The van der Waals surface area contributed by atoms with Crippen molar-refractivity contribution in [1.82, 2.24) is 24.5 Å². The van der Waals surface area contributed by atoms with E-state index in [-0.39, 0.29) is 12.1 Å². The van der Waals surface area contributed by atoms with Crippen LogP contribution < -0.4 is 10.1 Å². The number of fused-ring (bicyclic) bond motifs is 3. The van der Waals surface area contributed by atoms with Gasteiger partial charge in [0.1, 0.15) is 24.3 Å². The van der Waals surface area contributed by atoms with Gasteiger partial charge in [-0.05, 0) is 57.6 Å². The van der Waals surface area contributed by atoms with Gasteiger partial charge in [0.15, 0.2) is 5.82 Å². The number of benzene rings is 1. The van der Waals surface area contributed by atoms with E-state index in [1.54, 1.807) is 0 Å². The molecule has 0 atom stereocenters. The van der Waals surface area contributed by atoms with Crippen LogP contribution in [0.2, 0.25) is 0 Å². The average molecular weight is 511 g/mol. The number of rotatable bonds is 12. The van der Waals surface area contributed by atoms with E-state index in [4.69, 9.17) is 19.2 Å². The Morgan fingerprint density at radius 3 is 2.81 bits per heavy atom. The van der Waals surface area contributed by atoms with E-state index < -0.39 is 0 Å². The molecule has 3 aromatic rings. The van der Waals surface area contributed by atoms with Crippen molar-refractivity contribution >= 4 is 28.5 Å². The van der Waals surface area contributed by atoms with Crippen LogP contribution in [-0.2, 0) is 14.3 Å². The molecule has 2 aliphatic rings. The zero-order valence-electron chi connectivity index (χ0n) is 21.8. The first-order valence-corrected chi connectivity index (χ1v) is 13.7. The smallest absolute Gasteiger partial charge is 0.306 e. The number of ether oxygens (including phenoxy) is 3. The summed E-state index contributed by atoms with van der Waals surface area (Å²) in [5.41, 5.74) is 2.49. The molecule has 0 unspecified atom stereocenters. The largest absolute Gasteiger partial charge is 0.492 e. The Kier molecular flexibility index (Phi) is 8.68. The predicted octanol–water partition coefficient (Wildman–Crippen LogP) is 3.76. The molecule has 2 fully saturated rings. The average Bonchev–Trinajstić information content (AvgIpc) is 3.56. The maximum Gasteiger partial charge on any atom is 0.306 e. The Morgan fingerprint density at radius 2 is 1.97 bits per heavy atom. The number of esters is 1. The van der Waals surface area contributed by atoms with Gasteiger partial charge >= 0.3 is 5.97 Å². The molecule has 37 heavy (non-hydrogen) atoms. The molecule has 10 nitrogen and oxygen atoms in total. The lowest BCUT2D eigenvalue weighted by atomic mass is 10.2. The summed E-state index contributed by atoms with van der Waals surface area (Å²) in [6, 6.07) is 5.98. The van der Waals surface area contributed by atoms with Crippen molar-refractivity contribution in [2.24, 2.45) is 0 Å². The van der Waals surface area contributed by atoms with Crippen molar-refractivity contribution in [1.29, 1.82) is 0 Å². The number of morpholine rings is 1. The lowest BCUT2D eigenvalue weighted by Gasteiger charge is -2.26. The highest BCUT2D eigenvalue weighted by Crippen LogP contribution is 2.25. The summed E-state index contributed by atoms with van der Waals surface area (Å²) in [6.45, 7) is 7.67. The summed E-state index contributed by atoms with van der Waals surface area (Å²) in [5, 5.41) is 12.1. The van der Waals surface area contributed by atoms with E-state index in [1.165, 1.54) is 12.8 Å². The fraction of sp³-hybridized carbons (Fsp3) is 0.630. The Hall–Kier alpha value is -2.98. The molecule has 0 amide bonds. The van der Waals surface area contributed by atoms with Gasteiger partial charge < -0.3 is 19.5 Å². The number of nitrogens with zero attached hydrogens (tertiary/aromatic N) is 5. The minimum atomic E-state index is -0.0559. The lowest BCUT2D eigenvalue weighted by Crippen LogP contribution is -2.38. The summed E-state index contributed by atoms with van der Waals surface area (Å²) >= 11 is 0.